The van der Waals surface area contributed by atoms with Gasteiger partial charge in [-0.25, -0.2) is 9.59 Å². The van der Waals surface area contributed by atoms with Crippen molar-refractivity contribution >= 4 is 12.1 Å². The van der Waals surface area contributed by atoms with E-state index < -0.39 is 18.2 Å². The van der Waals surface area contributed by atoms with Gasteiger partial charge in [-0.1, -0.05) is 49.6 Å². The number of ether oxygens (including phenoxy) is 1. The molecule has 1 aliphatic rings. The number of carboxylic acids is 1. The van der Waals surface area contributed by atoms with Crippen LogP contribution in [0.4, 0.5) is 4.79 Å². The Morgan fingerprint density at radius 3 is 2.52 bits per heavy atom. The van der Waals surface area contributed by atoms with Crippen LogP contribution < -0.4 is 5.48 Å². The predicted molar refractivity (Wildman–Crippen MR) is 83.7 cm³/mol. The van der Waals surface area contributed by atoms with Gasteiger partial charge in [-0.3, -0.25) is 4.84 Å². The fourth-order valence-corrected chi connectivity index (χ4v) is 2.70. The molecule has 23 heavy (non-hydrogen) atoms. The third-order valence-corrected chi connectivity index (χ3v) is 4.00. The van der Waals surface area contributed by atoms with Gasteiger partial charge < -0.3 is 9.84 Å². The number of aliphatic carboxylic acids is 1. The quantitative estimate of drug-likeness (QED) is 0.754. The average Bonchev–Trinajstić information content (AvgIpc) is 2.58. The standard InChI is InChI=1S/C17H23NO5/c19-16(20)15(11-13-7-3-1-4-8-13)23-18-17(21)22-12-14-9-5-2-6-10-14/h1,3-4,7-8,14-15H,2,5-6,9-12H2,(H,18,21)(H,19,20)/t15-/m1/s1. The molecule has 0 aliphatic heterocycles. The van der Waals surface area contributed by atoms with E-state index in [9.17, 15) is 9.59 Å². The summed E-state index contributed by atoms with van der Waals surface area (Å²) in [6, 6.07) is 9.10. The van der Waals surface area contributed by atoms with Crippen LogP contribution in [-0.2, 0) is 20.8 Å². The predicted octanol–water partition coefficient (Wildman–Crippen LogP) is 2.92. The molecule has 1 fully saturated rings. The molecule has 1 amide bonds. The van der Waals surface area contributed by atoms with E-state index in [4.69, 9.17) is 14.7 Å². The molecule has 1 aliphatic carbocycles. The van der Waals surface area contributed by atoms with E-state index in [1.54, 1.807) is 12.1 Å². The first-order valence-electron chi connectivity index (χ1n) is 8.00. The Morgan fingerprint density at radius 2 is 1.87 bits per heavy atom. The van der Waals surface area contributed by atoms with Crippen LogP contribution in [0.25, 0.3) is 0 Å². The highest BCUT2D eigenvalue weighted by molar-refractivity contribution is 5.73. The second-order valence-corrected chi connectivity index (χ2v) is 5.84. The van der Waals surface area contributed by atoms with Crippen LogP contribution in [0.3, 0.4) is 0 Å². The van der Waals surface area contributed by atoms with Crippen molar-refractivity contribution < 1.29 is 24.3 Å². The lowest BCUT2D eigenvalue weighted by atomic mass is 9.90. The van der Waals surface area contributed by atoms with E-state index >= 15 is 0 Å². The summed E-state index contributed by atoms with van der Waals surface area (Å²) in [4.78, 5) is 27.8. The van der Waals surface area contributed by atoms with Gasteiger partial charge in [-0.2, -0.15) is 5.48 Å². The maximum Gasteiger partial charge on any atom is 0.431 e. The van der Waals surface area contributed by atoms with Crippen LogP contribution in [0.2, 0.25) is 0 Å². The molecule has 0 spiro atoms. The normalized spacial score (nSPS) is 16.5. The van der Waals surface area contributed by atoms with Gasteiger partial charge in [0.15, 0.2) is 6.10 Å². The lowest BCUT2D eigenvalue weighted by Gasteiger charge is -2.21. The number of hydroxylamine groups is 1. The molecule has 6 heteroatoms. The van der Waals surface area contributed by atoms with Crippen molar-refractivity contribution in [2.75, 3.05) is 6.61 Å². The zero-order chi connectivity index (χ0) is 16.5. The summed E-state index contributed by atoms with van der Waals surface area (Å²) >= 11 is 0. The van der Waals surface area contributed by atoms with E-state index in [0.29, 0.717) is 12.5 Å². The van der Waals surface area contributed by atoms with Gasteiger partial charge in [-0.15, -0.1) is 0 Å². The Balaban J connectivity index is 1.72. The second kappa shape index (κ2) is 9.15. The van der Waals surface area contributed by atoms with Crippen LogP contribution >= 0.6 is 0 Å². The summed E-state index contributed by atoms with van der Waals surface area (Å²) in [5, 5.41) is 9.16. The van der Waals surface area contributed by atoms with Gasteiger partial charge in [-0.05, 0) is 24.3 Å². The minimum absolute atomic E-state index is 0.166. The molecule has 0 aromatic heterocycles. The topological polar surface area (TPSA) is 84.9 Å². The molecule has 0 unspecified atom stereocenters. The Labute approximate surface area is 135 Å². The fraction of sp³-hybridized carbons (Fsp3) is 0.529. The number of amides is 1. The second-order valence-electron chi connectivity index (χ2n) is 5.84. The first-order valence-corrected chi connectivity index (χ1v) is 8.00. The van der Waals surface area contributed by atoms with Crippen molar-refractivity contribution in [3.63, 3.8) is 0 Å². The highest BCUT2D eigenvalue weighted by Gasteiger charge is 2.21. The molecule has 2 N–H and O–H groups in total. The monoisotopic (exact) mass is 321 g/mol. The molecule has 0 bridgehead atoms. The van der Waals surface area contributed by atoms with Gasteiger partial charge in [0.1, 0.15) is 0 Å². The molecule has 1 aromatic carbocycles. The van der Waals surface area contributed by atoms with Crippen molar-refractivity contribution in [1.82, 2.24) is 5.48 Å². The van der Waals surface area contributed by atoms with E-state index in [1.165, 1.54) is 19.3 Å². The van der Waals surface area contributed by atoms with E-state index in [1.807, 2.05) is 18.2 Å². The lowest BCUT2D eigenvalue weighted by Crippen LogP contribution is -2.36. The Hall–Kier alpha value is -2.08. The largest absolute Gasteiger partial charge is 0.479 e. The third-order valence-electron chi connectivity index (χ3n) is 4.00. The first-order chi connectivity index (χ1) is 11.1. The van der Waals surface area contributed by atoms with Crippen LogP contribution in [0.15, 0.2) is 30.3 Å². The maximum absolute atomic E-state index is 11.6. The first kappa shape index (κ1) is 17.3. The number of carbonyl (C=O) groups excluding carboxylic acids is 1. The molecule has 1 aromatic rings. The van der Waals surface area contributed by atoms with Gasteiger partial charge in [0.2, 0.25) is 0 Å². The molecule has 0 radical (unpaired) electrons. The number of hydrogen-bond donors (Lipinski definition) is 2. The number of carbonyl (C=O) groups is 2. The summed E-state index contributed by atoms with van der Waals surface area (Å²) in [6.45, 7) is 0.353. The molecule has 126 valence electrons. The molecular formula is C17H23NO5. The Bertz CT molecular complexity index is 499. The fourth-order valence-electron chi connectivity index (χ4n) is 2.70. The zero-order valence-electron chi connectivity index (χ0n) is 13.1. The van der Waals surface area contributed by atoms with E-state index in [-0.39, 0.29) is 6.42 Å². The summed E-state index contributed by atoms with van der Waals surface area (Å²) in [6.07, 6.45) is 3.99. The molecule has 1 atom stereocenters. The smallest absolute Gasteiger partial charge is 0.431 e. The third kappa shape index (κ3) is 6.28. The molecule has 2 rings (SSSR count). The van der Waals surface area contributed by atoms with Crippen molar-refractivity contribution in [1.29, 1.82) is 0 Å². The maximum atomic E-state index is 11.6. The van der Waals surface area contributed by atoms with Crippen molar-refractivity contribution in [3.8, 4) is 0 Å². The zero-order valence-corrected chi connectivity index (χ0v) is 13.1. The van der Waals surface area contributed by atoms with Crippen LogP contribution in [0.5, 0.6) is 0 Å². The molecule has 1 saturated carbocycles. The van der Waals surface area contributed by atoms with Crippen molar-refractivity contribution in [3.05, 3.63) is 35.9 Å². The molecule has 6 nitrogen and oxygen atoms in total. The van der Waals surface area contributed by atoms with E-state index in [0.717, 1.165) is 18.4 Å². The van der Waals surface area contributed by atoms with Crippen LogP contribution in [-0.4, -0.2) is 29.9 Å². The van der Waals surface area contributed by atoms with E-state index in [2.05, 4.69) is 5.48 Å². The highest BCUT2D eigenvalue weighted by Crippen LogP contribution is 2.23. The number of nitrogens with one attached hydrogen (secondary N) is 1. The minimum Gasteiger partial charge on any atom is -0.479 e. The van der Waals surface area contributed by atoms with Crippen LogP contribution in [0, 0.1) is 5.92 Å². The SMILES string of the molecule is O=C(NO[C@H](Cc1ccccc1)C(=O)O)OCC1CCCCC1. The van der Waals surface area contributed by atoms with Crippen LogP contribution in [0.1, 0.15) is 37.7 Å². The number of benzene rings is 1. The summed E-state index contributed by atoms with van der Waals surface area (Å²) in [5.74, 6) is -0.740. The summed E-state index contributed by atoms with van der Waals surface area (Å²) < 4.78 is 5.09. The lowest BCUT2D eigenvalue weighted by molar-refractivity contribution is -0.154. The summed E-state index contributed by atoms with van der Waals surface area (Å²) in [5.41, 5.74) is 2.90. The van der Waals surface area contributed by atoms with Crippen molar-refractivity contribution in [2.24, 2.45) is 5.92 Å². The van der Waals surface area contributed by atoms with Gasteiger partial charge in [0, 0.05) is 6.42 Å². The number of carboxylic acid groups (broad SMARTS) is 1. The molecular weight excluding hydrogens is 298 g/mol. The Kier molecular flexibility index (Phi) is 6.87. The van der Waals surface area contributed by atoms with Gasteiger partial charge in [0.05, 0.1) is 6.61 Å². The van der Waals surface area contributed by atoms with Crippen molar-refractivity contribution in [2.45, 2.75) is 44.6 Å². The number of rotatable bonds is 7. The average molecular weight is 321 g/mol. The molecule has 0 saturated heterocycles. The Morgan fingerprint density at radius 1 is 1.17 bits per heavy atom. The van der Waals surface area contributed by atoms with Gasteiger partial charge >= 0.3 is 12.1 Å². The molecule has 0 heterocycles. The minimum atomic E-state index is -1.15. The highest BCUT2D eigenvalue weighted by atomic mass is 16.7. The number of hydrogen-bond acceptors (Lipinski definition) is 4. The van der Waals surface area contributed by atoms with Gasteiger partial charge in [0.25, 0.3) is 0 Å². The summed E-state index contributed by atoms with van der Waals surface area (Å²) in [7, 11) is 0.